The predicted octanol–water partition coefficient (Wildman–Crippen LogP) is 2.96. The topological polar surface area (TPSA) is 71.2 Å². The third-order valence-corrected chi connectivity index (χ3v) is 3.94. The standard InChI is InChI=1S/C15H17Cl2N3O2/c1-15(2,7-21)14(22)13(20-9-18-8-19-20)5-10-3-4-11(16)6-12(10)17/h3-6,8-9,14,21-22H,7H2,1-2H3/b13-5+. The molecular formula is C15H17Cl2N3O2. The van der Waals surface area contributed by atoms with E-state index >= 15 is 0 Å². The van der Waals surface area contributed by atoms with Gasteiger partial charge in [0.1, 0.15) is 18.8 Å². The van der Waals surface area contributed by atoms with Gasteiger partial charge in [0.15, 0.2) is 0 Å². The van der Waals surface area contributed by atoms with E-state index in [1.54, 1.807) is 38.1 Å². The molecule has 0 aliphatic rings. The van der Waals surface area contributed by atoms with E-state index in [2.05, 4.69) is 10.1 Å². The highest BCUT2D eigenvalue weighted by molar-refractivity contribution is 6.35. The second kappa shape index (κ2) is 6.79. The minimum atomic E-state index is -0.967. The number of aliphatic hydroxyl groups excluding tert-OH is 2. The fourth-order valence-electron chi connectivity index (χ4n) is 1.88. The van der Waals surface area contributed by atoms with E-state index in [4.69, 9.17) is 23.2 Å². The highest BCUT2D eigenvalue weighted by Gasteiger charge is 2.31. The molecule has 1 unspecified atom stereocenters. The maximum Gasteiger partial charge on any atom is 0.138 e. The fourth-order valence-corrected chi connectivity index (χ4v) is 2.34. The Labute approximate surface area is 138 Å². The lowest BCUT2D eigenvalue weighted by molar-refractivity contribution is 0.0411. The van der Waals surface area contributed by atoms with Gasteiger partial charge in [0.2, 0.25) is 0 Å². The van der Waals surface area contributed by atoms with Crippen LogP contribution < -0.4 is 0 Å². The first kappa shape index (κ1) is 17.0. The van der Waals surface area contributed by atoms with Gasteiger partial charge in [-0.2, -0.15) is 5.10 Å². The maximum atomic E-state index is 10.6. The van der Waals surface area contributed by atoms with Crippen LogP contribution in [-0.4, -0.2) is 37.7 Å². The molecule has 0 saturated carbocycles. The summed E-state index contributed by atoms with van der Waals surface area (Å²) in [6.45, 7) is 3.33. The third-order valence-electron chi connectivity index (χ3n) is 3.38. The molecule has 0 amide bonds. The van der Waals surface area contributed by atoms with E-state index in [9.17, 15) is 10.2 Å². The first-order chi connectivity index (χ1) is 10.3. The summed E-state index contributed by atoms with van der Waals surface area (Å²) in [6.07, 6.45) is 3.59. The van der Waals surface area contributed by atoms with Crippen LogP contribution in [0.3, 0.4) is 0 Å². The summed E-state index contributed by atoms with van der Waals surface area (Å²) in [5.41, 5.74) is 0.390. The summed E-state index contributed by atoms with van der Waals surface area (Å²) >= 11 is 12.1. The molecule has 2 N–H and O–H groups in total. The zero-order valence-electron chi connectivity index (χ0n) is 12.2. The van der Waals surface area contributed by atoms with Gasteiger partial charge in [0, 0.05) is 15.5 Å². The van der Waals surface area contributed by atoms with Crippen LogP contribution in [0.2, 0.25) is 10.0 Å². The maximum absolute atomic E-state index is 10.6. The molecule has 0 aliphatic carbocycles. The van der Waals surface area contributed by atoms with E-state index in [1.807, 2.05) is 0 Å². The molecule has 1 aromatic carbocycles. The summed E-state index contributed by atoms with van der Waals surface area (Å²) < 4.78 is 1.45. The van der Waals surface area contributed by atoms with Crippen LogP contribution in [0, 0.1) is 5.41 Å². The number of nitrogens with zero attached hydrogens (tertiary/aromatic N) is 3. The summed E-state index contributed by atoms with van der Waals surface area (Å²) in [7, 11) is 0. The molecule has 0 saturated heterocycles. The van der Waals surface area contributed by atoms with E-state index in [1.165, 1.54) is 17.3 Å². The lowest BCUT2D eigenvalue weighted by Crippen LogP contribution is -2.35. The van der Waals surface area contributed by atoms with Crippen molar-refractivity contribution in [3.8, 4) is 0 Å². The Balaban J connectivity index is 2.52. The minimum absolute atomic E-state index is 0.186. The number of hydrogen-bond donors (Lipinski definition) is 2. The van der Waals surface area contributed by atoms with Crippen molar-refractivity contribution in [2.45, 2.75) is 20.0 Å². The molecule has 7 heteroatoms. The predicted molar refractivity (Wildman–Crippen MR) is 87.5 cm³/mol. The van der Waals surface area contributed by atoms with Gasteiger partial charge in [-0.05, 0) is 23.8 Å². The van der Waals surface area contributed by atoms with Crippen LogP contribution in [0.5, 0.6) is 0 Å². The molecule has 2 rings (SSSR count). The van der Waals surface area contributed by atoms with Crippen LogP contribution >= 0.6 is 23.2 Å². The number of rotatable bonds is 5. The quantitative estimate of drug-likeness (QED) is 0.876. The van der Waals surface area contributed by atoms with Crippen molar-refractivity contribution in [1.29, 1.82) is 0 Å². The summed E-state index contributed by atoms with van der Waals surface area (Å²) in [6, 6.07) is 5.08. The Hall–Kier alpha value is -1.40. The van der Waals surface area contributed by atoms with Crippen molar-refractivity contribution in [3.63, 3.8) is 0 Å². The first-order valence-electron chi connectivity index (χ1n) is 6.66. The lowest BCUT2D eigenvalue weighted by Gasteiger charge is -2.30. The molecule has 2 aromatic rings. The summed E-state index contributed by atoms with van der Waals surface area (Å²) in [4.78, 5) is 3.89. The normalized spacial score (nSPS) is 14.2. The molecule has 0 aliphatic heterocycles. The van der Waals surface area contributed by atoms with Gasteiger partial charge in [-0.25, -0.2) is 9.67 Å². The second-order valence-corrected chi connectivity index (χ2v) is 6.47. The molecule has 22 heavy (non-hydrogen) atoms. The zero-order valence-corrected chi connectivity index (χ0v) is 13.8. The number of halogens is 2. The Morgan fingerprint density at radius 2 is 2.14 bits per heavy atom. The van der Waals surface area contributed by atoms with Crippen molar-refractivity contribution < 1.29 is 10.2 Å². The van der Waals surface area contributed by atoms with Crippen LogP contribution in [0.4, 0.5) is 0 Å². The number of aliphatic hydroxyl groups is 2. The average molecular weight is 342 g/mol. The molecule has 1 atom stereocenters. The molecule has 5 nitrogen and oxygen atoms in total. The van der Waals surface area contributed by atoms with Gasteiger partial charge >= 0.3 is 0 Å². The zero-order chi connectivity index (χ0) is 16.3. The van der Waals surface area contributed by atoms with Crippen LogP contribution in [0.25, 0.3) is 11.8 Å². The van der Waals surface area contributed by atoms with Gasteiger partial charge in [0.25, 0.3) is 0 Å². The first-order valence-corrected chi connectivity index (χ1v) is 7.41. The van der Waals surface area contributed by atoms with E-state index in [0.29, 0.717) is 21.3 Å². The van der Waals surface area contributed by atoms with Gasteiger partial charge in [-0.15, -0.1) is 0 Å². The van der Waals surface area contributed by atoms with E-state index < -0.39 is 11.5 Å². The van der Waals surface area contributed by atoms with Crippen molar-refractivity contribution in [2.75, 3.05) is 6.61 Å². The number of hydrogen-bond acceptors (Lipinski definition) is 4. The lowest BCUT2D eigenvalue weighted by atomic mass is 9.85. The van der Waals surface area contributed by atoms with Crippen molar-refractivity contribution in [3.05, 3.63) is 46.5 Å². The average Bonchev–Trinajstić information content (AvgIpc) is 3.00. The SMILES string of the molecule is CC(C)(CO)C(O)/C(=C\c1ccc(Cl)cc1Cl)n1cncn1. The van der Waals surface area contributed by atoms with Crippen molar-refractivity contribution in [2.24, 2.45) is 5.41 Å². The van der Waals surface area contributed by atoms with Crippen LogP contribution in [-0.2, 0) is 0 Å². The molecular weight excluding hydrogens is 325 g/mol. The Kier molecular flexibility index (Phi) is 5.24. The van der Waals surface area contributed by atoms with Crippen molar-refractivity contribution >= 4 is 35.0 Å². The smallest absolute Gasteiger partial charge is 0.138 e. The minimum Gasteiger partial charge on any atom is -0.396 e. The van der Waals surface area contributed by atoms with Gasteiger partial charge in [-0.1, -0.05) is 43.1 Å². The molecule has 0 radical (unpaired) electrons. The molecule has 1 aromatic heterocycles. The fraction of sp³-hybridized carbons (Fsp3) is 0.333. The molecule has 0 bridgehead atoms. The molecule has 118 valence electrons. The van der Waals surface area contributed by atoms with Crippen LogP contribution in [0.15, 0.2) is 30.9 Å². The van der Waals surface area contributed by atoms with Crippen molar-refractivity contribution in [1.82, 2.24) is 14.8 Å². The van der Waals surface area contributed by atoms with E-state index in [-0.39, 0.29) is 6.61 Å². The third kappa shape index (κ3) is 3.67. The Morgan fingerprint density at radius 3 is 2.68 bits per heavy atom. The summed E-state index contributed by atoms with van der Waals surface area (Å²) in [5, 5.41) is 25.2. The number of aromatic nitrogens is 3. The van der Waals surface area contributed by atoms with Gasteiger partial charge < -0.3 is 10.2 Å². The second-order valence-electron chi connectivity index (χ2n) is 5.62. The highest BCUT2D eigenvalue weighted by atomic mass is 35.5. The molecule has 0 fully saturated rings. The monoisotopic (exact) mass is 341 g/mol. The largest absolute Gasteiger partial charge is 0.396 e. The van der Waals surface area contributed by atoms with E-state index in [0.717, 1.165) is 0 Å². The number of benzene rings is 1. The van der Waals surface area contributed by atoms with Gasteiger partial charge in [0.05, 0.1) is 12.3 Å². The van der Waals surface area contributed by atoms with Gasteiger partial charge in [-0.3, -0.25) is 0 Å². The Bertz CT molecular complexity index is 669. The summed E-state index contributed by atoms with van der Waals surface area (Å²) in [5.74, 6) is 0. The molecule has 1 heterocycles. The van der Waals surface area contributed by atoms with Crippen LogP contribution in [0.1, 0.15) is 19.4 Å². The Morgan fingerprint density at radius 1 is 1.41 bits per heavy atom. The molecule has 0 spiro atoms. The highest BCUT2D eigenvalue weighted by Crippen LogP contribution is 2.31.